The lowest BCUT2D eigenvalue weighted by molar-refractivity contribution is -0.142. The number of carbonyl (C=O) groups is 1. The number of primary sulfonamides is 1. The standard InChI is InChI=1S/C13H19NO5S/c1-3-4-7-19-13(15)9-10-8-11(20(14,16)17)5-6-12(10)18-2/h5-6,8H,3-4,7,9H2,1-2H3,(H2,14,16,17). The molecule has 0 spiro atoms. The summed E-state index contributed by atoms with van der Waals surface area (Å²) in [7, 11) is -2.37. The number of hydrogen-bond acceptors (Lipinski definition) is 5. The topological polar surface area (TPSA) is 95.7 Å². The van der Waals surface area contributed by atoms with E-state index < -0.39 is 16.0 Å². The summed E-state index contributed by atoms with van der Waals surface area (Å²) in [4.78, 5) is 11.6. The molecule has 0 amide bonds. The first kappa shape index (κ1) is 16.5. The van der Waals surface area contributed by atoms with Crippen LogP contribution in [-0.4, -0.2) is 28.1 Å². The lowest BCUT2D eigenvalue weighted by Crippen LogP contribution is -2.14. The lowest BCUT2D eigenvalue weighted by Gasteiger charge is -2.10. The van der Waals surface area contributed by atoms with E-state index in [4.69, 9.17) is 14.6 Å². The smallest absolute Gasteiger partial charge is 0.310 e. The second kappa shape index (κ2) is 7.25. The van der Waals surface area contributed by atoms with E-state index in [-0.39, 0.29) is 11.3 Å². The Morgan fingerprint density at radius 3 is 2.60 bits per heavy atom. The minimum absolute atomic E-state index is 0.0593. The number of rotatable bonds is 7. The fourth-order valence-corrected chi connectivity index (χ4v) is 2.17. The number of esters is 1. The van der Waals surface area contributed by atoms with Crippen LogP contribution in [-0.2, 0) is 26.0 Å². The van der Waals surface area contributed by atoms with E-state index in [1.807, 2.05) is 6.92 Å². The van der Waals surface area contributed by atoms with Crippen LogP contribution >= 0.6 is 0 Å². The van der Waals surface area contributed by atoms with Crippen LogP contribution in [0, 0.1) is 0 Å². The molecule has 0 radical (unpaired) electrons. The van der Waals surface area contributed by atoms with E-state index in [1.165, 1.54) is 25.3 Å². The average Bonchev–Trinajstić information content (AvgIpc) is 2.38. The molecule has 0 heterocycles. The molecule has 1 aromatic carbocycles. The molecule has 0 bridgehead atoms. The van der Waals surface area contributed by atoms with Crippen molar-refractivity contribution in [2.75, 3.05) is 13.7 Å². The SMILES string of the molecule is CCCCOC(=O)Cc1cc(S(N)(=O)=O)ccc1OC. The maximum Gasteiger partial charge on any atom is 0.310 e. The minimum atomic E-state index is -3.81. The molecule has 0 aromatic heterocycles. The van der Waals surface area contributed by atoms with Gasteiger partial charge in [-0.25, -0.2) is 13.6 Å². The monoisotopic (exact) mass is 301 g/mol. The highest BCUT2D eigenvalue weighted by molar-refractivity contribution is 7.89. The predicted octanol–water partition coefficient (Wildman–Crippen LogP) is 1.23. The van der Waals surface area contributed by atoms with Gasteiger partial charge in [0, 0.05) is 5.56 Å². The minimum Gasteiger partial charge on any atom is -0.496 e. The molecule has 0 saturated carbocycles. The first-order valence-electron chi connectivity index (χ1n) is 6.23. The van der Waals surface area contributed by atoms with Crippen LogP contribution < -0.4 is 9.88 Å². The maximum atomic E-state index is 11.7. The Morgan fingerprint density at radius 1 is 1.35 bits per heavy atom. The molecule has 7 heteroatoms. The summed E-state index contributed by atoms with van der Waals surface area (Å²) in [5, 5.41) is 5.06. The van der Waals surface area contributed by atoms with Gasteiger partial charge in [-0.1, -0.05) is 13.3 Å². The molecule has 0 atom stereocenters. The second-order valence-corrected chi connectivity index (χ2v) is 5.83. The van der Waals surface area contributed by atoms with Gasteiger partial charge in [0.2, 0.25) is 10.0 Å². The molecular formula is C13H19NO5S. The van der Waals surface area contributed by atoms with Crippen molar-refractivity contribution in [1.82, 2.24) is 0 Å². The Kier molecular flexibility index (Phi) is 5.97. The van der Waals surface area contributed by atoms with Crippen LogP contribution in [0.1, 0.15) is 25.3 Å². The predicted molar refractivity (Wildman–Crippen MR) is 73.9 cm³/mol. The van der Waals surface area contributed by atoms with Crippen molar-refractivity contribution in [3.05, 3.63) is 23.8 Å². The molecule has 1 rings (SSSR count). The Morgan fingerprint density at radius 2 is 2.05 bits per heavy atom. The molecule has 0 aliphatic carbocycles. The molecule has 20 heavy (non-hydrogen) atoms. The number of benzene rings is 1. The highest BCUT2D eigenvalue weighted by Gasteiger charge is 2.15. The van der Waals surface area contributed by atoms with Crippen molar-refractivity contribution in [2.45, 2.75) is 31.1 Å². The number of sulfonamides is 1. The third-order valence-corrected chi connectivity index (χ3v) is 3.59. The van der Waals surface area contributed by atoms with E-state index in [9.17, 15) is 13.2 Å². The van der Waals surface area contributed by atoms with Crippen LogP contribution in [0.15, 0.2) is 23.1 Å². The zero-order valence-electron chi connectivity index (χ0n) is 11.6. The van der Waals surface area contributed by atoms with E-state index in [1.54, 1.807) is 0 Å². The van der Waals surface area contributed by atoms with E-state index in [2.05, 4.69) is 0 Å². The van der Waals surface area contributed by atoms with E-state index in [0.717, 1.165) is 12.8 Å². The average molecular weight is 301 g/mol. The number of nitrogens with two attached hydrogens (primary N) is 1. The summed E-state index contributed by atoms with van der Waals surface area (Å²) in [5.74, 6) is -0.00633. The zero-order chi connectivity index (χ0) is 15.2. The summed E-state index contributed by atoms with van der Waals surface area (Å²) in [6.45, 7) is 2.35. The lowest BCUT2D eigenvalue weighted by atomic mass is 10.1. The Bertz CT molecular complexity index is 568. The van der Waals surface area contributed by atoms with Gasteiger partial charge in [0.25, 0.3) is 0 Å². The van der Waals surface area contributed by atoms with E-state index in [0.29, 0.717) is 17.9 Å². The number of unbranched alkanes of at least 4 members (excludes halogenated alkanes) is 1. The summed E-state index contributed by atoms with van der Waals surface area (Å²) in [6.07, 6.45) is 1.66. The van der Waals surface area contributed by atoms with Crippen molar-refractivity contribution in [3.8, 4) is 5.75 Å². The largest absolute Gasteiger partial charge is 0.496 e. The van der Waals surface area contributed by atoms with Gasteiger partial charge in [-0.2, -0.15) is 0 Å². The molecule has 1 aromatic rings. The van der Waals surface area contributed by atoms with Gasteiger partial charge in [0.05, 0.1) is 25.0 Å². The summed E-state index contributed by atoms with van der Waals surface area (Å²) < 4.78 is 32.7. The van der Waals surface area contributed by atoms with Gasteiger partial charge in [-0.05, 0) is 24.6 Å². The molecule has 0 saturated heterocycles. The molecule has 0 aliphatic rings. The quantitative estimate of drug-likeness (QED) is 0.603. The highest BCUT2D eigenvalue weighted by Crippen LogP contribution is 2.22. The first-order valence-corrected chi connectivity index (χ1v) is 7.78. The number of methoxy groups -OCH3 is 1. The number of ether oxygens (including phenoxy) is 2. The highest BCUT2D eigenvalue weighted by atomic mass is 32.2. The van der Waals surface area contributed by atoms with Gasteiger partial charge in [0.1, 0.15) is 5.75 Å². The second-order valence-electron chi connectivity index (χ2n) is 4.27. The van der Waals surface area contributed by atoms with Crippen molar-refractivity contribution in [3.63, 3.8) is 0 Å². The fourth-order valence-electron chi connectivity index (χ4n) is 1.61. The molecule has 6 nitrogen and oxygen atoms in total. The van der Waals surface area contributed by atoms with Crippen molar-refractivity contribution in [2.24, 2.45) is 5.14 Å². The summed E-state index contributed by atoms with van der Waals surface area (Å²) in [6, 6.07) is 4.13. The van der Waals surface area contributed by atoms with Crippen LogP contribution in [0.25, 0.3) is 0 Å². The molecule has 112 valence electrons. The molecule has 0 fully saturated rings. The van der Waals surface area contributed by atoms with Crippen LogP contribution in [0.2, 0.25) is 0 Å². The number of carbonyl (C=O) groups excluding carboxylic acids is 1. The number of hydrogen-bond donors (Lipinski definition) is 1. The third-order valence-electron chi connectivity index (χ3n) is 2.68. The Hall–Kier alpha value is -1.60. The molecule has 2 N–H and O–H groups in total. The zero-order valence-corrected chi connectivity index (χ0v) is 12.4. The molecule has 0 aliphatic heterocycles. The summed E-state index contributed by atoms with van der Waals surface area (Å²) >= 11 is 0. The molecule has 0 unspecified atom stereocenters. The van der Waals surface area contributed by atoms with Gasteiger partial charge in [-0.3, -0.25) is 4.79 Å². The van der Waals surface area contributed by atoms with Gasteiger partial charge in [-0.15, -0.1) is 0 Å². The summed E-state index contributed by atoms with van der Waals surface area (Å²) in [5.41, 5.74) is 0.431. The van der Waals surface area contributed by atoms with Gasteiger partial charge >= 0.3 is 5.97 Å². The molecular weight excluding hydrogens is 282 g/mol. The van der Waals surface area contributed by atoms with Crippen LogP contribution in [0.4, 0.5) is 0 Å². The maximum absolute atomic E-state index is 11.7. The Labute approximate surface area is 118 Å². The van der Waals surface area contributed by atoms with Crippen LogP contribution in [0.5, 0.6) is 5.75 Å². The fraction of sp³-hybridized carbons (Fsp3) is 0.462. The van der Waals surface area contributed by atoms with Gasteiger partial charge < -0.3 is 9.47 Å². The van der Waals surface area contributed by atoms with Crippen molar-refractivity contribution in [1.29, 1.82) is 0 Å². The Balaban J connectivity index is 2.89. The van der Waals surface area contributed by atoms with E-state index >= 15 is 0 Å². The third kappa shape index (κ3) is 4.82. The van der Waals surface area contributed by atoms with Crippen molar-refractivity contribution < 1.29 is 22.7 Å². The normalized spacial score (nSPS) is 11.2. The first-order chi connectivity index (χ1) is 9.38. The van der Waals surface area contributed by atoms with Crippen LogP contribution in [0.3, 0.4) is 0 Å². The van der Waals surface area contributed by atoms with Crippen molar-refractivity contribution >= 4 is 16.0 Å². The van der Waals surface area contributed by atoms with Gasteiger partial charge in [0.15, 0.2) is 0 Å².